The molecule has 0 radical (unpaired) electrons. The predicted molar refractivity (Wildman–Crippen MR) is 34.2 cm³/mol. The first kappa shape index (κ1) is 13.7. The number of para-hydroxylation sites is 1. The van der Waals surface area contributed by atoms with Crippen LogP contribution in [0.2, 0.25) is 0 Å². The second kappa shape index (κ2) is 6.79. The van der Waals surface area contributed by atoms with Crippen molar-refractivity contribution in [3.05, 3.63) is 29.8 Å². The van der Waals surface area contributed by atoms with Crippen molar-refractivity contribution in [2.45, 2.75) is 0 Å². The zero-order valence-corrected chi connectivity index (χ0v) is 9.29. The summed E-state index contributed by atoms with van der Waals surface area (Å²) in [6.45, 7) is 0. The van der Waals surface area contributed by atoms with Crippen molar-refractivity contribution in [1.29, 1.82) is 5.26 Å². The van der Waals surface area contributed by atoms with Crippen LogP contribution in [0.4, 0.5) is 0 Å². The van der Waals surface area contributed by atoms with Crippen LogP contribution in [0.1, 0.15) is 5.56 Å². The van der Waals surface area contributed by atoms with Gasteiger partial charge in [0.05, 0.1) is 6.07 Å². The Morgan fingerprint density at radius 3 is 2.18 bits per heavy atom. The van der Waals surface area contributed by atoms with E-state index in [2.05, 4.69) is 0 Å². The molecule has 0 bridgehead atoms. The van der Waals surface area contributed by atoms with E-state index in [1.54, 1.807) is 18.2 Å². The molecule has 0 aliphatic rings. The summed E-state index contributed by atoms with van der Waals surface area (Å²) in [5.41, 5.74) is 0.206. The van der Waals surface area contributed by atoms with Crippen LogP contribution in [0, 0.1) is 11.3 Å². The zero-order chi connectivity index (χ0) is 6.69. The van der Waals surface area contributed by atoms with Crippen LogP contribution in [-0.4, -0.2) is 5.48 Å². The van der Waals surface area contributed by atoms with Gasteiger partial charge in [0, 0.05) is 5.56 Å². The zero-order valence-electron chi connectivity index (χ0n) is 6.16. The summed E-state index contributed by atoms with van der Waals surface area (Å²) >= 11 is 0. The van der Waals surface area contributed by atoms with Crippen molar-refractivity contribution in [2.75, 3.05) is 0 Å². The van der Waals surface area contributed by atoms with Gasteiger partial charge in [0.25, 0.3) is 0 Å². The van der Waals surface area contributed by atoms with Gasteiger partial charge in [-0.1, -0.05) is 23.9 Å². The van der Waals surface area contributed by atoms with E-state index >= 15 is 0 Å². The largest absolute Gasteiger partial charge is 1.00 e. The molecule has 0 unspecified atom stereocenters. The van der Waals surface area contributed by atoms with E-state index in [1.807, 2.05) is 0 Å². The molecule has 0 saturated carbocycles. The van der Waals surface area contributed by atoms with Crippen LogP contribution in [0.3, 0.4) is 0 Å². The Bertz CT molecular complexity index is 257. The molecule has 0 aliphatic heterocycles. The van der Waals surface area contributed by atoms with Crippen LogP contribution in [0.5, 0.6) is 5.75 Å². The summed E-state index contributed by atoms with van der Waals surface area (Å²) < 4.78 is 0. The second-order valence-corrected chi connectivity index (χ2v) is 1.61. The molecule has 2 N–H and O–H groups in total. The molecule has 0 amide bonds. The van der Waals surface area contributed by atoms with Crippen molar-refractivity contribution < 1.29 is 62.0 Å². The standard InChI is InChI=1S/C7H5NO.K.H2O/c8-5-6-3-1-2-4-7(6)9;;/h1-4,9H;;1H2/q;+1;/p-1. The van der Waals surface area contributed by atoms with Gasteiger partial charge in [0.2, 0.25) is 0 Å². The third-order valence-corrected chi connectivity index (χ3v) is 1.01. The Balaban J connectivity index is 0. The molecular weight excluding hydrogens is 169 g/mol. The van der Waals surface area contributed by atoms with Gasteiger partial charge < -0.3 is 10.6 Å². The predicted octanol–water partition coefficient (Wildman–Crippen LogP) is -3.19. The number of hydrogen-bond donors (Lipinski definition) is 0. The van der Waals surface area contributed by atoms with E-state index in [-0.39, 0.29) is 68.2 Å². The van der Waals surface area contributed by atoms with Crippen LogP contribution in [0.25, 0.3) is 0 Å². The SMILES string of the molecule is N#Cc1ccccc1[O-].O.[K+]. The molecule has 3 nitrogen and oxygen atoms in total. The fourth-order valence-electron chi connectivity index (χ4n) is 0.559. The minimum absolute atomic E-state index is 0. The molecule has 0 saturated heterocycles. The summed E-state index contributed by atoms with van der Waals surface area (Å²) in [5.74, 6) is -0.208. The van der Waals surface area contributed by atoms with Crippen LogP contribution >= 0.6 is 0 Å². The average Bonchev–Trinajstić information content (AvgIpc) is 1.89. The molecule has 0 aliphatic carbocycles. The maximum absolute atomic E-state index is 10.6. The average molecular weight is 175 g/mol. The van der Waals surface area contributed by atoms with Crippen molar-refractivity contribution in [2.24, 2.45) is 0 Å². The van der Waals surface area contributed by atoms with Gasteiger partial charge >= 0.3 is 51.4 Å². The van der Waals surface area contributed by atoms with Crippen molar-refractivity contribution >= 4 is 0 Å². The Labute approximate surface area is 107 Å². The third kappa shape index (κ3) is 3.87. The third-order valence-electron chi connectivity index (χ3n) is 1.01. The van der Waals surface area contributed by atoms with Crippen LogP contribution in [-0.2, 0) is 0 Å². The summed E-state index contributed by atoms with van der Waals surface area (Å²) in [4.78, 5) is 0. The van der Waals surface area contributed by atoms with E-state index in [9.17, 15) is 5.11 Å². The first-order chi connectivity index (χ1) is 4.34. The van der Waals surface area contributed by atoms with Gasteiger partial charge in [-0.15, -0.1) is 0 Å². The number of nitrogens with zero attached hydrogens (tertiary/aromatic N) is 1. The molecule has 0 aromatic heterocycles. The van der Waals surface area contributed by atoms with Gasteiger partial charge in [0.1, 0.15) is 0 Å². The molecule has 0 spiro atoms. The fraction of sp³-hybridized carbons (Fsp3) is 0. The molecule has 0 fully saturated rings. The molecular formula is C7H6KNO2. The number of benzene rings is 1. The Morgan fingerprint density at radius 1 is 1.27 bits per heavy atom. The maximum Gasteiger partial charge on any atom is 1.00 e. The first-order valence-electron chi connectivity index (χ1n) is 2.51. The molecule has 4 heteroatoms. The molecule has 11 heavy (non-hydrogen) atoms. The van der Waals surface area contributed by atoms with Crippen LogP contribution < -0.4 is 56.5 Å². The molecule has 0 heterocycles. The van der Waals surface area contributed by atoms with Gasteiger partial charge in [-0.3, -0.25) is 0 Å². The van der Waals surface area contributed by atoms with E-state index in [4.69, 9.17) is 5.26 Å². The Kier molecular flexibility index (Phi) is 8.45. The van der Waals surface area contributed by atoms with E-state index in [1.165, 1.54) is 12.1 Å². The monoisotopic (exact) mass is 175 g/mol. The molecule has 0 atom stereocenters. The summed E-state index contributed by atoms with van der Waals surface area (Å²) in [6, 6.07) is 7.94. The van der Waals surface area contributed by atoms with Gasteiger partial charge in [0.15, 0.2) is 0 Å². The smallest absolute Gasteiger partial charge is 0.872 e. The fourth-order valence-corrected chi connectivity index (χ4v) is 0.559. The van der Waals surface area contributed by atoms with Crippen molar-refractivity contribution in [3.63, 3.8) is 0 Å². The van der Waals surface area contributed by atoms with E-state index in [0.717, 1.165) is 0 Å². The minimum atomic E-state index is -0.208. The number of rotatable bonds is 0. The van der Waals surface area contributed by atoms with E-state index in [0.29, 0.717) is 0 Å². The quantitative estimate of drug-likeness (QED) is 0.389. The molecule has 1 aromatic carbocycles. The summed E-state index contributed by atoms with van der Waals surface area (Å²) in [5, 5.41) is 18.9. The van der Waals surface area contributed by atoms with E-state index < -0.39 is 0 Å². The maximum atomic E-state index is 10.6. The number of hydrogen-bond acceptors (Lipinski definition) is 2. The number of nitriles is 1. The van der Waals surface area contributed by atoms with Gasteiger partial charge in [-0.2, -0.15) is 5.26 Å². The van der Waals surface area contributed by atoms with Crippen molar-refractivity contribution in [1.82, 2.24) is 0 Å². The second-order valence-electron chi connectivity index (χ2n) is 1.61. The molecule has 52 valence electrons. The topological polar surface area (TPSA) is 78.3 Å². The van der Waals surface area contributed by atoms with Crippen molar-refractivity contribution in [3.8, 4) is 11.8 Å². The van der Waals surface area contributed by atoms with Gasteiger partial charge in [-0.05, 0) is 6.07 Å². The summed E-state index contributed by atoms with van der Waals surface area (Å²) in [7, 11) is 0. The normalized spacial score (nSPS) is 6.82. The Morgan fingerprint density at radius 2 is 1.82 bits per heavy atom. The molecule has 1 rings (SSSR count). The van der Waals surface area contributed by atoms with Gasteiger partial charge in [-0.25, -0.2) is 0 Å². The van der Waals surface area contributed by atoms with Crippen LogP contribution in [0.15, 0.2) is 24.3 Å². The molecule has 1 aromatic rings. The minimum Gasteiger partial charge on any atom is -0.872 e. The first-order valence-corrected chi connectivity index (χ1v) is 2.51. The Hall–Kier alpha value is 0.106. The summed E-state index contributed by atoms with van der Waals surface area (Å²) in [6.07, 6.45) is 0.